The normalized spacial score (nSPS) is 14.3. The van der Waals surface area contributed by atoms with E-state index in [4.69, 9.17) is 31.6 Å². The molecule has 0 saturated carbocycles. The predicted octanol–water partition coefficient (Wildman–Crippen LogP) is 3.72. The van der Waals surface area contributed by atoms with Gasteiger partial charge in [-0.2, -0.15) is 0 Å². The Balaban J connectivity index is 1.35. The minimum absolute atomic E-state index is 0.284. The maximum atomic E-state index is 6.43. The number of benzene rings is 2. The summed E-state index contributed by atoms with van der Waals surface area (Å²) in [7, 11) is 0. The van der Waals surface area contributed by atoms with Crippen LogP contribution >= 0.6 is 11.6 Å². The molecule has 4 rings (SSSR count). The van der Waals surface area contributed by atoms with Crippen LogP contribution < -0.4 is 15.8 Å². The third-order valence-corrected chi connectivity index (χ3v) is 5.50. The van der Waals surface area contributed by atoms with Crippen molar-refractivity contribution in [2.75, 3.05) is 50.5 Å². The van der Waals surface area contributed by atoms with Gasteiger partial charge in [0.25, 0.3) is 0 Å². The van der Waals surface area contributed by atoms with Crippen LogP contribution in [0.2, 0.25) is 5.02 Å². The van der Waals surface area contributed by atoms with Gasteiger partial charge in [-0.3, -0.25) is 4.90 Å². The van der Waals surface area contributed by atoms with Gasteiger partial charge in [0.15, 0.2) is 0 Å². The maximum absolute atomic E-state index is 6.43. The Morgan fingerprint density at radius 2 is 1.97 bits per heavy atom. The van der Waals surface area contributed by atoms with Gasteiger partial charge in [0.2, 0.25) is 0 Å². The highest BCUT2D eigenvalue weighted by Crippen LogP contribution is 2.30. The number of nitrogens with two attached hydrogens (primary N) is 1. The number of nitrogen functional groups attached to an aromatic ring is 1. The van der Waals surface area contributed by atoms with E-state index in [1.54, 1.807) is 12.1 Å². The summed E-state index contributed by atoms with van der Waals surface area (Å²) in [6.07, 6.45) is 2.89. The second kappa shape index (κ2) is 12.2. The van der Waals surface area contributed by atoms with Crippen LogP contribution in [0.5, 0.6) is 5.75 Å². The Kier molecular flexibility index (Phi) is 8.50. The third-order valence-electron chi connectivity index (χ3n) is 5.21. The summed E-state index contributed by atoms with van der Waals surface area (Å²) in [5, 5.41) is 7.73. The van der Waals surface area contributed by atoms with Crippen LogP contribution in [0.25, 0.3) is 0 Å². The van der Waals surface area contributed by atoms with E-state index in [1.165, 1.54) is 12.5 Å². The average Bonchev–Trinajstić information content (AvgIpc) is 2.86. The van der Waals surface area contributed by atoms with Gasteiger partial charge >= 0.3 is 0 Å². The number of halogens is 1. The van der Waals surface area contributed by atoms with E-state index in [-0.39, 0.29) is 5.82 Å². The van der Waals surface area contributed by atoms with Gasteiger partial charge in [0.05, 0.1) is 30.0 Å². The highest BCUT2D eigenvalue weighted by molar-refractivity contribution is 6.32. The summed E-state index contributed by atoms with van der Waals surface area (Å²) in [5.41, 5.74) is 8.36. The van der Waals surface area contributed by atoms with Crippen molar-refractivity contribution in [1.82, 2.24) is 14.9 Å². The first-order valence-electron chi connectivity index (χ1n) is 11.0. The molecule has 0 bridgehead atoms. The Bertz CT molecular complexity index is 1090. The van der Waals surface area contributed by atoms with Crippen molar-refractivity contribution in [3.05, 3.63) is 71.0 Å². The maximum Gasteiger partial charge on any atom is 0.144 e. The monoisotopic (exact) mass is 482 g/mol. The van der Waals surface area contributed by atoms with Gasteiger partial charge in [-0.1, -0.05) is 47.1 Å². The third kappa shape index (κ3) is 6.80. The smallest absolute Gasteiger partial charge is 0.144 e. The van der Waals surface area contributed by atoms with Gasteiger partial charge in [-0.25, -0.2) is 9.97 Å². The molecule has 3 N–H and O–H groups in total. The van der Waals surface area contributed by atoms with Crippen LogP contribution in [0.4, 0.5) is 17.3 Å². The fraction of sp³-hybridized carbons (Fsp3) is 0.292. The highest BCUT2D eigenvalue weighted by Gasteiger charge is 2.11. The summed E-state index contributed by atoms with van der Waals surface area (Å²) in [4.78, 5) is 16.0. The van der Waals surface area contributed by atoms with Crippen molar-refractivity contribution >= 4 is 35.1 Å². The summed E-state index contributed by atoms with van der Waals surface area (Å²) < 4.78 is 11.2. The molecule has 1 aliphatic rings. The fourth-order valence-corrected chi connectivity index (χ4v) is 3.58. The largest absolute Gasteiger partial charge is 0.487 e. The standard InChI is InChI=1S/C24H27ClN6O3/c25-21-14-19(6-7-22(21)33-16-18-4-2-1-3-5-18)30-24-20(23(26)27-17-28-24)15-29-34-13-10-31-8-11-32-12-9-31/h1-7,14-15,17H,8-13,16H2,(H3,26,27,28,30)/b29-15-. The lowest BCUT2D eigenvalue weighted by Gasteiger charge is -2.25. The number of rotatable bonds is 10. The Morgan fingerprint density at radius 1 is 1.15 bits per heavy atom. The van der Waals surface area contributed by atoms with Crippen LogP contribution in [0.15, 0.2) is 60.0 Å². The van der Waals surface area contributed by atoms with Gasteiger partial charge in [-0.15, -0.1) is 0 Å². The molecule has 0 amide bonds. The number of nitrogens with one attached hydrogen (secondary N) is 1. The molecule has 0 atom stereocenters. The predicted molar refractivity (Wildman–Crippen MR) is 133 cm³/mol. The van der Waals surface area contributed by atoms with E-state index in [2.05, 4.69) is 25.3 Å². The second-order valence-electron chi connectivity index (χ2n) is 7.59. The molecule has 2 aromatic carbocycles. The van der Waals surface area contributed by atoms with Crippen molar-refractivity contribution in [3.63, 3.8) is 0 Å². The number of morpholine rings is 1. The van der Waals surface area contributed by atoms with E-state index in [0.717, 1.165) is 44.1 Å². The summed E-state index contributed by atoms with van der Waals surface area (Å²) in [6, 6.07) is 15.3. The molecule has 34 heavy (non-hydrogen) atoms. The zero-order valence-corrected chi connectivity index (χ0v) is 19.4. The first kappa shape index (κ1) is 23.7. The van der Waals surface area contributed by atoms with Crippen LogP contribution in [0.1, 0.15) is 11.1 Å². The number of aromatic nitrogens is 2. The van der Waals surface area contributed by atoms with Crippen molar-refractivity contribution in [3.8, 4) is 5.75 Å². The molecule has 0 aliphatic carbocycles. The Morgan fingerprint density at radius 3 is 2.76 bits per heavy atom. The van der Waals surface area contributed by atoms with Crippen molar-refractivity contribution in [2.45, 2.75) is 6.61 Å². The molecule has 3 aromatic rings. The van der Waals surface area contributed by atoms with E-state index in [1.807, 2.05) is 36.4 Å². The Labute approximate surface area is 203 Å². The minimum Gasteiger partial charge on any atom is -0.487 e. The number of anilines is 3. The molecular formula is C24H27ClN6O3. The van der Waals surface area contributed by atoms with E-state index in [9.17, 15) is 0 Å². The fourth-order valence-electron chi connectivity index (χ4n) is 3.34. The molecule has 1 fully saturated rings. The van der Waals surface area contributed by atoms with Crippen LogP contribution in [-0.2, 0) is 16.2 Å². The number of oxime groups is 1. The quantitative estimate of drug-likeness (QED) is 0.256. The molecular weight excluding hydrogens is 456 g/mol. The summed E-state index contributed by atoms with van der Waals surface area (Å²) >= 11 is 6.43. The average molecular weight is 483 g/mol. The van der Waals surface area contributed by atoms with Crippen molar-refractivity contribution < 1.29 is 14.3 Å². The molecule has 2 heterocycles. The van der Waals surface area contributed by atoms with Gasteiger partial charge < -0.3 is 25.4 Å². The van der Waals surface area contributed by atoms with E-state index < -0.39 is 0 Å². The second-order valence-corrected chi connectivity index (χ2v) is 7.99. The topological polar surface area (TPSA) is 107 Å². The number of nitrogens with zero attached hydrogens (tertiary/aromatic N) is 4. The van der Waals surface area contributed by atoms with Gasteiger partial charge in [0, 0.05) is 25.3 Å². The zero-order valence-electron chi connectivity index (χ0n) is 18.7. The summed E-state index contributed by atoms with van der Waals surface area (Å²) in [6.45, 7) is 4.98. The molecule has 1 aromatic heterocycles. The van der Waals surface area contributed by atoms with E-state index in [0.29, 0.717) is 35.4 Å². The highest BCUT2D eigenvalue weighted by atomic mass is 35.5. The lowest BCUT2D eigenvalue weighted by atomic mass is 10.2. The first-order valence-corrected chi connectivity index (χ1v) is 11.4. The summed E-state index contributed by atoms with van der Waals surface area (Å²) in [5.74, 6) is 1.36. The molecule has 1 aliphatic heterocycles. The van der Waals surface area contributed by atoms with Gasteiger partial charge in [-0.05, 0) is 23.8 Å². The number of hydrogen-bond donors (Lipinski definition) is 2. The molecule has 0 unspecified atom stereocenters. The van der Waals surface area contributed by atoms with Crippen molar-refractivity contribution in [2.24, 2.45) is 5.16 Å². The molecule has 9 nitrogen and oxygen atoms in total. The Hall–Kier alpha value is -3.40. The molecule has 0 radical (unpaired) electrons. The zero-order chi connectivity index (χ0) is 23.6. The van der Waals surface area contributed by atoms with Crippen LogP contribution in [0.3, 0.4) is 0 Å². The molecule has 0 spiro atoms. The lowest BCUT2D eigenvalue weighted by Crippen LogP contribution is -2.38. The van der Waals surface area contributed by atoms with Crippen LogP contribution in [-0.4, -0.2) is 60.5 Å². The number of ether oxygens (including phenoxy) is 2. The number of hydrogen-bond acceptors (Lipinski definition) is 9. The SMILES string of the molecule is Nc1ncnc(Nc2ccc(OCc3ccccc3)c(Cl)c2)c1/C=N\OCCN1CCOCC1. The van der Waals surface area contributed by atoms with Crippen molar-refractivity contribution in [1.29, 1.82) is 0 Å². The minimum atomic E-state index is 0.284. The lowest BCUT2D eigenvalue weighted by molar-refractivity contribution is 0.0214. The molecule has 178 valence electrons. The van der Waals surface area contributed by atoms with E-state index >= 15 is 0 Å². The van der Waals surface area contributed by atoms with Crippen LogP contribution in [0, 0.1) is 0 Å². The first-order chi connectivity index (χ1) is 16.7. The van der Waals surface area contributed by atoms with Gasteiger partial charge in [0.1, 0.15) is 36.9 Å². The molecule has 1 saturated heterocycles. The molecule has 10 heteroatoms.